The molecule has 1 rings (SSSR count). The van der Waals surface area contributed by atoms with Gasteiger partial charge in [-0.25, -0.2) is 0 Å². The van der Waals surface area contributed by atoms with Crippen molar-refractivity contribution in [1.29, 1.82) is 0 Å². The van der Waals surface area contributed by atoms with Crippen LogP contribution in [0.3, 0.4) is 0 Å². The van der Waals surface area contributed by atoms with Crippen molar-refractivity contribution in [2.75, 3.05) is 20.3 Å². The number of aliphatic hydroxyl groups is 1. The average Bonchev–Trinajstić information content (AvgIpc) is 2.27. The van der Waals surface area contributed by atoms with Crippen molar-refractivity contribution >= 4 is 0 Å². The molecular formula is C14H23NO2. The summed E-state index contributed by atoms with van der Waals surface area (Å²) in [5.74, 6) is 0.975. The van der Waals surface area contributed by atoms with E-state index in [1.807, 2.05) is 7.05 Å². The van der Waals surface area contributed by atoms with Gasteiger partial charge >= 0.3 is 0 Å². The molecule has 3 heteroatoms. The summed E-state index contributed by atoms with van der Waals surface area (Å²) in [5.41, 5.74) is 3.61. The highest BCUT2D eigenvalue weighted by atomic mass is 16.5. The third kappa shape index (κ3) is 4.02. The molecule has 96 valence electrons. The Kier molecular flexibility index (Phi) is 5.45. The second-order valence-electron chi connectivity index (χ2n) is 4.53. The quantitative estimate of drug-likeness (QED) is 0.794. The molecule has 0 bridgehead atoms. The first-order valence-corrected chi connectivity index (χ1v) is 6.07. The van der Waals surface area contributed by atoms with E-state index >= 15 is 0 Å². The lowest BCUT2D eigenvalue weighted by Gasteiger charge is -2.16. The average molecular weight is 237 g/mol. The van der Waals surface area contributed by atoms with Crippen LogP contribution in [0.25, 0.3) is 0 Å². The van der Waals surface area contributed by atoms with Crippen molar-refractivity contribution in [2.45, 2.75) is 33.2 Å². The molecule has 3 nitrogen and oxygen atoms in total. The summed E-state index contributed by atoms with van der Waals surface area (Å²) >= 11 is 0. The van der Waals surface area contributed by atoms with Crippen molar-refractivity contribution in [3.8, 4) is 5.75 Å². The highest BCUT2D eigenvalue weighted by molar-refractivity contribution is 5.42. The molecule has 0 aliphatic carbocycles. The van der Waals surface area contributed by atoms with Gasteiger partial charge in [0.1, 0.15) is 5.75 Å². The Hall–Kier alpha value is -1.06. The number of benzene rings is 1. The molecular weight excluding hydrogens is 214 g/mol. The van der Waals surface area contributed by atoms with Crippen LogP contribution < -0.4 is 10.1 Å². The Morgan fingerprint density at radius 1 is 1.24 bits per heavy atom. The molecule has 1 unspecified atom stereocenters. The molecule has 0 aromatic heterocycles. The Balaban J connectivity index is 2.58. The van der Waals surface area contributed by atoms with Crippen LogP contribution >= 0.6 is 0 Å². The molecule has 17 heavy (non-hydrogen) atoms. The second-order valence-corrected chi connectivity index (χ2v) is 4.53. The van der Waals surface area contributed by atoms with Crippen LogP contribution in [0, 0.1) is 20.8 Å². The summed E-state index contributed by atoms with van der Waals surface area (Å²) in [6.07, 6.45) is 0.805. The molecule has 0 amide bonds. The third-order valence-electron chi connectivity index (χ3n) is 2.95. The first-order chi connectivity index (χ1) is 8.08. The fourth-order valence-electron chi connectivity index (χ4n) is 2.02. The van der Waals surface area contributed by atoms with Crippen molar-refractivity contribution < 1.29 is 9.84 Å². The van der Waals surface area contributed by atoms with E-state index in [1.54, 1.807) is 0 Å². The predicted molar refractivity (Wildman–Crippen MR) is 70.7 cm³/mol. The van der Waals surface area contributed by atoms with Gasteiger partial charge in [0, 0.05) is 6.04 Å². The lowest BCUT2D eigenvalue weighted by Crippen LogP contribution is -2.30. The number of aryl methyl sites for hydroxylation is 3. The number of likely N-dealkylation sites (N-methyl/N-ethyl adjacent to an activating group) is 1. The molecule has 0 fully saturated rings. The van der Waals surface area contributed by atoms with Crippen LogP contribution in [0.4, 0.5) is 0 Å². The largest absolute Gasteiger partial charge is 0.493 e. The van der Waals surface area contributed by atoms with E-state index in [0.29, 0.717) is 6.61 Å². The van der Waals surface area contributed by atoms with Crippen LogP contribution in [0.5, 0.6) is 5.75 Å². The minimum Gasteiger partial charge on any atom is -0.493 e. The number of hydrogen-bond donors (Lipinski definition) is 2. The first kappa shape index (κ1) is 14.0. The highest BCUT2D eigenvalue weighted by Gasteiger charge is 2.07. The van der Waals surface area contributed by atoms with Gasteiger partial charge in [0.15, 0.2) is 0 Å². The van der Waals surface area contributed by atoms with Gasteiger partial charge in [-0.05, 0) is 45.4 Å². The van der Waals surface area contributed by atoms with Crippen LogP contribution in [0.15, 0.2) is 12.1 Å². The zero-order chi connectivity index (χ0) is 12.8. The summed E-state index contributed by atoms with van der Waals surface area (Å²) < 4.78 is 5.81. The van der Waals surface area contributed by atoms with E-state index in [9.17, 15) is 0 Å². The van der Waals surface area contributed by atoms with E-state index < -0.39 is 0 Å². The Labute approximate surface area is 104 Å². The van der Waals surface area contributed by atoms with Crippen molar-refractivity contribution in [3.05, 3.63) is 28.8 Å². The van der Waals surface area contributed by atoms with E-state index in [-0.39, 0.29) is 12.6 Å². The maximum absolute atomic E-state index is 9.05. The maximum atomic E-state index is 9.05. The number of rotatable bonds is 6. The predicted octanol–water partition coefficient (Wildman–Crippen LogP) is 1.96. The molecule has 1 atom stereocenters. The van der Waals surface area contributed by atoms with Gasteiger partial charge in [0.2, 0.25) is 0 Å². The number of hydrogen-bond acceptors (Lipinski definition) is 3. The Morgan fingerprint density at radius 3 is 2.29 bits per heavy atom. The molecule has 1 aromatic carbocycles. The lowest BCUT2D eigenvalue weighted by atomic mass is 10.1. The minimum absolute atomic E-state index is 0.112. The van der Waals surface area contributed by atoms with E-state index in [2.05, 4.69) is 38.2 Å². The fraction of sp³-hybridized carbons (Fsp3) is 0.571. The Morgan fingerprint density at radius 2 is 1.82 bits per heavy atom. The highest BCUT2D eigenvalue weighted by Crippen LogP contribution is 2.24. The molecule has 0 heterocycles. The van der Waals surface area contributed by atoms with Gasteiger partial charge in [0.05, 0.1) is 13.2 Å². The van der Waals surface area contributed by atoms with Gasteiger partial charge in [-0.15, -0.1) is 0 Å². The summed E-state index contributed by atoms with van der Waals surface area (Å²) in [4.78, 5) is 0. The van der Waals surface area contributed by atoms with Crippen molar-refractivity contribution in [3.63, 3.8) is 0 Å². The number of aliphatic hydroxyl groups excluding tert-OH is 1. The van der Waals surface area contributed by atoms with E-state index in [4.69, 9.17) is 9.84 Å². The molecule has 0 aliphatic rings. The van der Waals surface area contributed by atoms with E-state index in [1.165, 1.54) is 16.7 Å². The van der Waals surface area contributed by atoms with Crippen LogP contribution in [0.2, 0.25) is 0 Å². The molecule has 0 saturated carbocycles. The van der Waals surface area contributed by atoms with Gasteiger partial charge in [-0.2, -0.15) is 0 Å². The number of ether oxygens (including phenoxy) is 1. The second kappa shape index (κ2) is 6.62. The fourth-order valence-corrected chi connectivity index (χ4v) is 2.02. The lowest BCUT2D eigenvalue weighted by molar-refractivity contribution is 0.213. The normalized spacial score (nSPS) is 12.5. The van der Waals surface area contributed by atoms with Crippen LogP contribution in [-0.4, -0.2) is 31.4 Å². The molecule has 0 aliphatic heterocycles. The minimum atomic E-state index is 0.112. The van der Waals surface area contributed by atoms with Crippen LogP contribution in [0.1, 0.15) is 23.1 Å². The topological polar surface area (TPSA) is 41.5 Å². The standard InChI is InChI=1S/C14H23NO2/c1-10-7-11(2)14(12(3)8-10)17-6-5-13(9-16)15-4/h7-8,13,15-16H,5-6,9H2,1-4H3. The first-order valence-electron chi connectivity index (χ1n) is 6.07. The monoisotopic (exact) mass is 237 g/mol. The summed E-state index contributed by atoms with van der Waals surface area (Å²) in [6, 6.07) is 4.37. The third-order valence-corrected chi connectivity index (χ3v) is 2.95. The zero-order valence-corrected chi connectivity index (χ0v) is 11.2. The molecule has 1 aromatic rings. The Bertz CT molecular complexity index is 336. The van der Waals surface area contributed by atoms with Crippen LogP contribution in [-0.2, 0) is 0 Å². The SMILES string of the molecule is CNC(CO)CCOc1c(C)cc(C)cc1C. The van der Waals surface area contributed by atoms with Gasteiger partial charge in [-0.3, -0.25) is 0 Å². The summed E-state index contributed by atoms with van der Waals surface area (Å²) in [5, 5.41) is 12.1. The van der Waals surface area contributed by atoms with Gasteiger partial charge in [0.25, 0.3) is 0 Å². The van der Waals surface area contributed by atoms with E-state index in [0.717, 1.165) is 12.2 Å². The molecule has 0 spiro atoms. The maximum Gasteiger partial charge on any atom is 0.125 e. The molecule has 0 radical (unpaired) electrons. The smallest absolute Gasteiger partial charge is 0.125 e. The van der Waals surface area contributed by atoms with Gasteiger partial charge in [-0.1, -0.05) is 17.7 Å². The van der Waals surface area contributed by atoms with Gasteiger partial charge < -0.3 is 15.2 Å². The number of nitrogens with one attached hydrogen (secondary N) is 1. The molecule has 0 saturated heterocycles. The van der Waals surface area contributed by atoms with Crippen molar-refractivity contribution in [1.82, 2.24) is 5.32 Å². The summed E-state index contributed by atoms with van der Waals surface area (Å²) in [7, 11) is 1.85. The zero-order valence-electron chi connectivity index (χ0n) is 11.2. The summed E-state index contributed by atoms with van der Waals surface area (Å²) in [6.45, 7) is 6.99. The molecule has 2 N–H and O–H groups in total. The van der Waals surface area contributed by atoms with Crippen molar-refractivity contribution in [2.24, 2.45) is 0 Å².